The molecule has 0 saturated heterocycles. The fourth-order valence-corrected chi connectivity index (χ4v) is 2.08. The van der Waals surface area contributed by atoms with E-state index in [-0.39, 0.29) is 5.91 Å². The molecule has 1 N–H and O–H groups in total. The number of hydrogen-bond acceptors (Lipinski definition) is 3. The predicted octanol–water partition coefficient (Wildman–Crippen LogP) is 3.13. The van der Waals surface area contributed by atoms with Gasteiger partial charge in [-0.05, 0) is 38.1 Å². The van der Waals surface area contributed by atoms with Crippen LogP contribution in [0.25, 0.3) is 0 Å². The van der Waals surface area contributed by atoms with Crippen LogP contribution in [0.3, 0.4) is 0 Å². The number of aromatic nitrogens is 2. The Morgan fingerprint density at radius 2 is 2.20 bits per heavy atom. The molecule has 20 heavy (non-hydrogen) atoms. The molecule has 5 nitrogen and oxygen atoms in total. The van der Waals surface area contributed by atoms with Crippen LogP contribution in [0.4, 0.5) is 5.69 Å². The number of benzene rings is 1. The molecule has 0 aliphatic rings. The maximum absolute atomic E-state index is 12.2. The lowest BCUT2D eigenvalue weighted by Gasteiger charge is -2.09. The maximum atomic E-state index is 12.2. The quantitative estimate of drug-likeness (QED) is 0.942. The summed E-state index contributed by atoms with van der Waals surface area (Å²) < 4.78 is 6.96. The Labute approximate surface area is 122 Å². The molecule has 1 amide bonds. The summed E-state index contributed by atoms with van der Waals surface area (Å²) in [5, 5.41) is 7.52. The Bertz CT molecular complexity index is 637. The summed E-state index contributed by atoms with van der Waals surface area (Å²) in [6, 6.07) is 6.79. The Kier molecular flexibility index (Phi) is 4.29. The van der Waals surface area contributed by atoms with Crippen LogP contribution in [0.1, 0.15) is 23.1 Å². The molecule has 0 atom stereocenters. The number of anilines is 1. The Balaban J connectivity index is 2.25. The lowest BCUT2D eigenvalue weighted by molar-refractivity contribution is 0.102. The molecule has 0 unspecified atom stereocenters. The molecule has 0 aliphatic heterocycles. The summed E-state index contributed by atoms with van der Waals surface area (Å²) in [4.78, 5) is 12.2. The van der Waals surface area contributed by atoms with Crippen molar-refractivity contribution in [3.63, 3.8) is 0 Å². The molecule has 0 aliphatic carbocycles. The van der Waals surface area contributed by atoms with Crippen molar-refractivity contribution in [2.75, 3.05) is 12.4 Å². The van der Waals surface area contributed by atoms with Gasteiger partial charge in [0.1, 0.15) is 5.75 Å². The number of nitrogens with zero attached hydrogens (tertiary/aromatic N) is 2. The molecule has 0 saturated carbocycles. The zero-order chi connectivity index (χ0) is 14.7. The van der Waals surface area contributed by atoms with Gasteiger partial charge in [-0.2, -0.15) is 5.10 Å². The molecule has 0 spiro atoms. The zero-order valence-electron chi connectivity index (χ0n) is 11.6. The third-order valence-electron chi connectivity index (χ3n) is 2.92. The number of ether oxygens (including phenoxy) is 1. The van der Waals surface area contributed by atoms with Crippen molar-refractivity contribution in [1.29, 1.82) is 0 Å². The molecular weight excluding hydrogens is 278 g/mol. The van der Waals surface area contributed by atoms with E-state index in [0.717, 1.165) is 12.2 Å². The maximum Gasteiger partial charge on any atom is 0.276 e. The molecule has 2 aromatic rings. The van der Waals surface area contributed by atoms with Gasteiger partial charge in [0.05, 0.1) is 12.8 Å². The number of amides is 1. The monoisotopic (exact) mass is 293 g/mol. The number of halogens is 1. The van der Waals surface area contributed by atoms with Crippen molar-refractivity contribution in [2.45, 2.75) is 20.4 Å². The Morgan fingerprint density at radius 1 is 1.45 bits per heavy atom. The lowest BCUT2D eigenvalue weighted by atomic mass is 10.2. The van der Waals surface area contributed by atoms with Crippen LogP contribution in [0, 0.1) is 6.92 Å². The fraction of sp³-hybridized carbons (Fsp3) is 0.286. The van der Waals surface area contributed by atoms with Crippen molar-refractivity contribution in [3.05, 3.63) is 40.7 Å². The Hall–Kier alpha value is -2.01. The third-order valence-corrected chi connectivity index (χ3v) is 3.16. The van der Waals surface area contributed by atoms with Crippen molar-refractivity contribution in [2.24, 2.45) is 0 Å². The molecule has 2 rings (SSSR count). The van der Waals surface area contributed by atoms with E-state index in [1.807, 2.05) is 13.8 Å². The van der Waals surface area contributed by atoms with Gasteiger partial charge < -0.3 is 10.1 Å². The number of aryl methyl sites for hydroxylation is 2. The highest BCUT2D eigenvalue weighted by Crippen LogP contribution is 2.28. The van der Waals surface area contributed by atoms with E-state index in [4.69, 9.17) is 16.3 Å². The summed E-state index contributed by atoms with van der Waals surface area (Å²) in [5.74, 6) is 0.260. The van der Waals surface area contributed by atoms with Crippen LogP contribution < -0.4 is 10.1 Å². The number of rotatable bonds is 4. The highest BCUT2D eigenvalue weighted by atomic mass is 35.5. The van der Waals surface area contributed by atoms with E-state index in [1.54, 1.807) is 28.9 Å². The zero-order valence-corrected chi connectivity index (χ0v) is 12.4. The molecule has 0 bridgehead atoms. The first-order chi connectivity index (χ1) is 9.55. The van der Waals surface area contributed by atoms with Crippen molar-refractivity contribution < 1.29 is 9.53 Å². The van der Waals surface area contributed by atoms with Gasteiger partial charge in [0.15, 0.2) is 5.69 Å². The van der Waals surface area contributed by atoms with Gasteiger partial charge in [0, 0.05) is 17.3 Å². The molecule has 106 valence electrons. The van der Waals surface area contributed by atoms with Crippen LogP contribution in [-0.2, 0) is 6.54 Å². The molecular formula is C14H16ClN3O2. The number of carbonyl (C=O) groups is 1. The average Bonchev–Trinajstić information content (AvgIpc) is 2.80. The first-order valence-electron chi connectivity index (χ1n) is 6.24. The Morgan fingerprint density at radius 3 is 2.80 bits per heavy atom. The smallest absolute Gasteiger partial charge is 0.276 e. The molecule has 0 radical (unpaired) electrons. The molecule has 1 aromatic carbocycles. The summed E-state index contributed by atoms with van der Waals surface area (Å²) in [5.41, 5.74) is 1.83. The van der Waals surface area contributed by atoms with Crippen LogP contribution in [-0.4, -0.2) is 22.8 Å². The molecule has 0 fully saturated rings. The van der Waals surface area contributed by atoms with E-state index >= 15 is 0 Å². The second kappa shape index (κ2) is 5.96. The average molecular weight is 294 g/mol. The number of methoxy groups -OCH3 is 1. The second-order valence-corrected chi connectivity index (χ2v) is 4.72. The summed E-state index contributed by atoms with van der Waals surface area (Å²) in [6.45, 7) is 4.61. The second-order valence-electron chi connectivity index (χ2n) is 4.29. The summed E-state index contributed by atoms with van der Waals surface area (Å²) in [7, 11) is 1.54. The topological polar surface area (TPSA) is 56.2 Å². The highest BCUT2D eigenvalue weighted by molar-refractivity contribution is 6.31. The standard InChI is InChI=1S/C14H16ClN3O2/c1-4-18-9(2)7-12(17-18)14(19)16-11-8-10(15)5-6-13(11)20-3/h5-8H,4H2,1-3H3,(H,16,19). The highest BCUT2D eigenvalue weighted by Gasteiger charge is 2.14. The minimum absolute atomic E-state index is 0.291. The summed E-state index contributed by atoms with van der Waals surface area (Å²) >= 11 is 5.93. The van der Waals surface area contributed by atoms with Crippen molar-refractivity contribution >= 4 is 23.2 Å². The van der Waals surface area contributed by atoms with E-state index in [2.05, 4.69) is 10.4 Å². The van der Waals surface area contributed by atoms with Gasteiger partial charge in [-0.3, -0.25) is 9.48 Å². The van der Waals surface area contributed by atoms with E-state index in [1.165, 1.54) is 7.11 Å². The third kappa shape index (κ3) is 2.93. The van der Waals surface area contributed by atoms with Crippen molar-refractivity contribution in [1.82, 2.24) is 9.78 Å². The van der Waals surface area contributed by atoms with Gasteiger partial charge in [-0.1, -0.05) is 11.6 Å². The van der Waals surface area contributed by atoms with Crippen LogP contribution in [0.5, 0.6) is 5.75 Å². The van der Waals surface area contributed by atoms with Crippen LogP contribution >= 0.6 is 11.6 Å². The van der Waals surface area contributed by atoms with Crippen LogP contribution in [0.2, 0.25) is 5.02 Å². The van der Waals surface area contributed by atoms with E-state index in [0.29, 0.717) is 22.2 Å². The normalized spacial score (nSPS) is 10.4. The fourth-order valence-electron chi connectivity index (χ4n) is 1.91. The predicted molar refractivity (Wildman–Crippen MR) is 78.6 cm³/mol. The molecule has 1 heterocycles. The SMILES string of the molecule is CCn1nc(C(=O)Nc2cc(Cl)ccc2OC)cc1C. The minimum atomic E-state index is -0.291. The van der Waals surface area contributed by atoms with E-state index < -0.39 is 0 Å². The van der Waals surface area contributed by atoms with E-state index in [9.17, 15) is 4.79 Å². The summed E-state index contributed by atoms with van der Waals surface area (Å²) in [6.07, 6.45) is 0. The number of nitrogens with one attached hydrogen (secondary N) is 1. The first kappa shape index (κ1) is 14.4. The van der Waals surface area contributed by atoms with Gasteiger partial charge >= 0.3 is 0 Å². The molecule has 6 heteroatoms. The molecule has 1 aromatic heterocycles. The lowest BCUT2D eigenvalue weighted by Crippen LogP contribution is -2.14. The largest absolute Gasteiger partial charge is 0.495 e. The van der Waals surface area contributed by atoms with Gasteiger partial charge in [-0.25, -0.2) is 0 Å². The number of hydrogen-bond donors (Lipinski definition) is 1. The van der Waals surface area contributed by atoms with Crippen LogP contribution in [0.15, 0.2) is 24.3 Å². The van der Waals surface area contributed by atoms with Gasteiger partial charge in [-0.15, -0.1) is 0 Å². The van der Waals surface area contributed by atoms with Gasteiger partial charge in [0.2, 0.25) is 0 Å². The number of carbonyl (C=O) groups excluding carboxylic acids is 1. The van der Waals surface area contributed by atoms with Crippen molar-refractivity contribution in [3.8, 4) is 5.75 Å². The minimum Gasteiger partial charge on any atom is -0.495 e. The van der Waals surface area contributed by atoms with Gasteiger partial charge in [0.25, 0.3) is 5.91 Å². The first-order valence-corrected chi connectivity index (χ1v) is 6.62.